The number of hydrogen-bond donors (Lipinski definition) is 2. The average Bonchev–Trinajstić information content (AvgIpc) is 2.44. The summed E-state index contributed by atoms with van der Waals surface area (Å²) in [6.07, 6.45) is 1.11. The van der Waals surface area contributed by atoms with Crippen LogP contribution in [0.1, 0.15) is 26.7 Å². The fraction of sp³-hybridized carbons (Fsp3) is 0.538. The van der Waals surface area contributed by atoms with Crippen LogP contribution in [0.2, 0.25) is 0 Å². The zero-order valence-electron chi connectivity index (χ0n) is 12.3. The van der Waals surface area contributed by atoms with Gasteiger partial charge >= 0.3 is 0 Å². The van der Waals surface area contributed by atoms with E-state index in [1.165, 1.54) is 19.2 Å². The van der Waals surface area contributed by atoms with E-state index in [0.717, 1.165) is 6.07 Å². The van der Waals surface area contributed by atoms with Crippen LogP contribution in [0.15, 0.2) is 23.1 Å². The fourth-order valence-corrected chi connectivity index (χ4v) is 3.45. The molecule has 0 atom stereocenters. The summed E-state index contributed by atoms with van der Waals surface area (Å²) in [5.74, 6) is -0.721. The maximum atomic E-state index is 13.6. The molecule has 0 aliphatic carbocycles. The number of halogens is 2. The Hall–Kier alpha value is -0.890. The molecule has 0 saturated heterocycles. The van der Waals surface area contributed by atoms with Crippen molar-refractivity contribution in [1.29, 1.82) is 0 Å². The van der Waals surface area contributed by atoms with Crippen molar-refractivity contribution in [3.8, 4) is 5.75 Å². The van der Waals surface area contributed by atoms with Crippen molar-refractivity contribution in [2.45, 2.75) is 37.1 Å². The topological polar surface area (TPSA) is 81.4 Å². The lowest BCUT2D eigenvalue weighted by Gasteiger charge is -2.31. The summed E-state index contributed by atoms with van der Waals surface area (Å²) >= 11 is 0. The van der Waals surface area contributed by atoms with Crippen molar-refractivity contribution in [2.24, 2.45) is 5.73 Å². The Balaban J connectivity index is 0.00000400. The molecule has 0 radical (unpaired) electrons. The number of methoxy groups -OCH3 is 1. The monoisotopic (exact) mass is 340 g/mol. The number of sulfonamides is 1. The van der Waals surface area contributed by atoms with Crippen molar-refractivity contribution < 1.29 is 17.5 Å². The lowest BCUT2D eigenvalue weighted by atomic mass is 9.95. The maximum absolute atomic E-state index is 13.6. The van der Waals surface area contributed by atoms with E-state index < -0.39 is 21.4 Å². The van der Waals surface area contributed by atoms with Gasteiger partial charge in [0.25, 0.3) is 0 Å². The van der Waals surface area contributed by atoms with Gasteiger partial charge in [-0.2, -0.15) is 0 Å². The molecule has 0 heterocycles. The van der Waals surface area contributed by atoms with Gasteiger partial charge in [-0.1, -0.05) is 13.8 Å². The smallest absolute Gasteiger partial charge is 0.241 e. The first kappa shape index (κ1) is 20.1. The lowest BCUT2D eigenvalue weighted by molar-refractivity contribution is 0.362. The number of nitrogens with one attached hydrogen (secondary N) is 1. The highest BCUT2D eigenvalue weighted by molar-refractivity contribution is 7.89. The van der Waals surface area contributed by atoms with E-state index in [1.807, 2.05) is 13.8 Å². The third kappa shape index (κ3) is 4.54. The molecular weight excluding hydrogens is 319 g/mol. The largest absolute Gasteiger partial charge is 0.494 e. The van der Waals surface area contributed by atoms with Crippen LogP contribution in [-0.2, 0) is 10.0 Å². The summed E-state index contributed by atoms with van der Waals surface area (Å²) in [6.45, 7) is 3.89. The first-order valence-corrected chi connectivity index (χ1v) is 7.90. The summed E-state index contributed by atoms with van der Waals surface area (Å²) in [4.78, 5) is -0.143. The van der Waals surface area contributed by atoms with Gasteiger partial charge in [-0.15, -0.1) is 12.4 Å². The van der Waals surface area contributed by atoms with Gasteiger partial charge in [-0.3, -0.25) is 0 Å². The van der Waals surface area contributed by atoms with Gasteiger partial charge in [0.2, 0.25) is 10.0 Å². The van der Waals surface area contributed by atoms with Crippen LogP contribution in [0, 0.1) is 5.82 Å². The molecule has 122 valence electrons. The highest BCUT2D eigenvalue weighted by Crippen LogP contribution is 2.23. The summed E-state index contributed by atoms with van der Waals surface area (Å²) in [5, 5.41) is 0. The van der Waals surface area contributed by atoms with E-state index in [2.05, 4.69) is 4.72 Å². The van der Waals surface area contributed by atoms with Gasteiger partial charge in [-0.25, -0.2) is 17.5 Å². The first-order chi connectivity index (χ1) is 9.34. The van der Waals surface area contributed by atoms with Crippen LogP contribution in [-0.4, -0.2) is 27.6 Å². The zero-order valence-corrected chi connectivity index (χ0v) is 14.0. The Bertz CT molecular complexity index is 554. The predicted octanol–water partition coefficient (Wildman–Crippen LogP) is 2.05. The Morgan fingerprint density at radius 3 is 2.29 bits per heavy atom. The highest BCUT2D eigenvalue weighted by Gasteiger charge is 2.31. The summed E-state index contributed by atoms with van der Waals surface area (Å²) in [6, 6.07) is 3.52. The molecule has 0 amide bonds. The van der Waals surface area contributed by atoms with E-state index in [9.17, 15) is 12.8 Å². The second kappa shape index (κ2) is 7.93. The number of ether oxygens (including phenoxy) is 1. The molecule has 0 saturated carbocycles. The third-order valence-corrected chi connectivity index (χ3v) is 5.10. The molecule has 5 nitrogen and oxygen atoms in total. The Kier molecular flexibility index (Phi) is 7.60. The van der Waals surface area contributed by atoms with Crippen molar-refractivity contribution in [2.75, 3.05) is 13.7 Å². The van der Waals surface area contributed by atoms with Crippen LogP contribution in [0.25, 0.3) is 0 Å². The molecule has 3 N–H and O–H groups in total. The van der Waals surface area contributed by atoms with Gasteiger partial charge in [0.15, 0.2) is 11.6 Å². The summed E-state index contributed by atoms with van der Waals surface area (Å²) < 4.78 is 45.6. The molecule has 0 aliphatic rings. The summed E-state index contributed by atoms with van der Waals surface area (Å²) in [5.41, 5.74) is 4.96. The number of nitrogens with two attached hydrogens (primary N) is 1. The van der Waals surface area contributed by atoms with E-state index in [1.54, 1.807) is 0 Å². The Morgan fingerprint density at radius 2 is 1.90 bits per heavy atom. The average molecular weight is 341 g/mol. The maximum Gasteiger partial charge on any atom is 0.241 e. The highest BCUT2D eigenvalue weighted by atomic mass is 35.5. The number of hydrogen-bond acceptors (Lipinski definition) is 4. The van der Waals surface area contributed by atoms with Gasteiger partial charge < -0.3 is 10.5 Å². The van der Waals surface area contributed by atoms with E-state index in [-0.39, 0.29) is 29.6 Å². The van der Waals surface area contributed by atoms with Crippen molar-refractivity contribution in [3.05, 3.63) is 24.0 Å². The molecule has 0 fully saturated rings. The molecular formula is C13H22ClFN2O3S. The van der Waals surface area contributed by atoms with Crippen molar-refractivity contribution in [1.82, 2.24) is 4.72 Å². The standard InChI is InChI=1S/C13H21FN2O3S.ClH/c1-4-13(5-2,9-15)16-20(17,18)10-6-7-12(19-3)11(14)8-10;/h6-8,16H,4-5,9,15H2,1-3H3;1H. The second-order valence-electron chi connectivity index (χ2n) is 4.59. The van der Waals surface area contributed by atoms with Gasteiger partial charge in [-0.05, 0) is 31.0 Å². The normalized spacial score (nSPS) is 11.9. The van der Waals surface area contributed by atoms with Crippen molar-refractivity contribution >= 4 is 22.4 Å². The Labute approximate surface area is 131 Å². The summed E-state index contributed by atoms with van der Waals surface area (Å²) in [7, 11) is -2.51. The molecule has 1 aromatic carbocycles. The van der Waals surface area contributed by atoms with Gasteiger partial charge in [0, 0.05) is 12.1 Å². The first-order valence-electron chi connectivity index (χ1n) is 6.41. The van der Waals surface area contributed by atoms with Crippen LogP contribution < -0.4 is 15.2 Å². The van der Waals surface area contributed by atoms with Crippen molar-refractivity contribution in [3.63, 3.8) is 0 Å². The molecule has 0 spiro atoms. The number of rotatable bonds is 7. The fourth-order valence-electron chi connectivity index (χ4n) is 1.88. The van der Waals surface area contributed by atoms with E-state index in [4.69, 9.17) is 10.5 Å². The third-order valence-electron chi connectivity index (χ3n) is 3.53. The van der Waals surface area contributed by atoms with E-state index >= 15 is 0 Å². The lowest BCUT2D eigenvalue weighted by Crippen LogP contribution is -2.52. The molecule has 1 aromatic rings. The van der Waals surface area contributed by atoms with Crippen LogP contribution in [0.5, 0.6) is 5.75 Å². The van der Waals surface area contributed by atoms with Gasteiger partial charge in [0.1, 0.15) is 0 Å². The van der Waals surface area contributed by atoms with Crippen LogP contribution >= 0.6 is 12.4 Å². The molecule has 0 aliphatic heterocycles. The minimum atomic E-state index is -3.83. The van der Waals surface area contributed by atoms with Gasteiger partial charge in [0.05, 0.1) is 12.0 Å². The molecule has 0 bridgehead atoms. The molecule has 0 aromatic heterocycles. The van der Waals surface area contributed by atoms with Crippen LogP contribution in [0.3, 0.4) is 0 Å². The SMILES string of the molecule is CCC(CC)(CN)NS(=O)(=O)c1ccc(OC)c(F)c1.Cl. The minimum Gasteiger partial charge on any atom is -0.494 e. The molecule has 1 rings (SSSR count). The number of benzene rings is 1. The minimum absolute atomic E-state index is 0. The van der Waals surface area contributed by atoms with E-state index in [0.29, 0.717) is 12.8 Å². The zero-order chi connectivity index (χ0) is 15.4. The molecule has 21 heavy (non-hydrogen) atoms. The molecule has 8 heteroatoms. The Morgan fingerprint density at radius 1 is 1.33 bits per heavy atom. The van der Waals surface area contributed by atoms with Crippen LogP contribution in [0.4, 0.5) is 4.39 Å². The second-order valence-corrected chi connectivity index (χ2v) is 6.28. The quantitative estimate of drug-likeness (QED) is 0.796. The molecule has 0 unspecified atom stereocenters. The predicted molar refractivity (Wildman–Crippen MR) is 82.9 cm³/mol.